The van der Waals surface area contributed by atoms with Crippen molar-refractivity contribution < 1.29 is 24.9 Å². The molecule has 0 saturated carbocycles. The SMILES string of the molecule is O=CC(N=O)[C@H](O)C(O)C(=O)CO. The van der Waals surface area contributed by atoms with Crippen molar-refractivity contribution in [2.75, 3.05) is 6.61 Å². The van der Waals surface area contributed by atoms with Crippen LogP contribution in [0.2, 0.25) is 0 Å². The van der Waals surface area contributed by atoms with Gasteiger partial charge in [0.05, 0.1) is 0 Å². The van der Waals surface area contributed by atoms with Gasteiger partial charge in [-0.15, -0.1) is 4.91 Å². The van der Waals surface area contributed by atoms with Crippen molar-refractivity contribution in [2.45, 2.75) is 18.2 Å². The molecule has 3 atom stereocenters. The van der Waals surface area contributed by atoms with Crippen molar-refractivity contribution in [3.63, 3.8) is 0 Å². The molecule has 0 aromatic heterocycles. The first-order valence-corrected chi connectivity index (χ1v) is 3.36. The third-order valence-electron chi connectivity index (χ3n) is 1.42. The number of carbonyl (C=O) groups excluding carboxylic acids is 2. The van der Waals surface area contributed by atoms with Crippen molar-refractivity contribution in [2.24, 2.45) is 5.18 Å². The van der Waals surface area contributed by atoms with E-state index in [1.165, 1.54) is 0 Å². The lowest BCUT2D eigenvalue weighted by Gasteiger charge is -2.15. The maximum atomic E-state index is 10.6. The fourth-order valence-corrected chi connectivity index (χ4v) is 0.638. The largest absolute Gasteiger partial charge is 0.388 e. The normalized spacial score (nSPS) is 17.2. The Labute approximate surface area is 73.0 Å². The Balaban J connectivity index is 4.38. The molecule has 0 aliphatic heterocycles. The molecule has 0 radical (unpaired) electrons. The topological polar surface area (TPSA) is 124 Å². The van der Waals surface area contributed by atoms with Gasteiger partial charge >= 0.3 is 0 Å². The Morgan fingerprint density at radius 1 is 1.46 bits per heavy atom. The van der Waals surface area contributed by atoms with E-state index in [0.29, 0.717) is 0 Å². The molecular formula is C6H9NO6. The minimum Gasteiger partial charge on any atom is -0.388 e. The molecule has 0 aliphatic rings. The van der Waals surface area contributed by atoms with Gasteiger partial charge in [0, 0.05) is 0 Å². The zero-order valence-electron chi connectivity index (χ0n) is 6.53. The fourth-order valence-electron chi connectivity index (χ4n) is 0.638. The van der Waals surface area contributed by atoms with Crippen molar-refractivity contribution in [1.82, 2.24) is 0 Å². The van der Waals surface area contributed by atoms with Gasteiger partial charge in [0.15, 0.2) is 18.1 Å². The zero-order chi connectivity index (χ0) is 10.4. The van der Waals surface area contributed by atoms with Gasteiger partial charge in [-0.1, -0.05) is 5.18 Å². The second-order valence-electron chi connectivity index (χ2n) is 2.29. The molecule has 0 fully saturated rings. The van der Waals surface area contributed by atoms with Crippen LogP contribution in [0.1, 0.15) is 0 Å². The smallest absolute Gasteiger partial charge is 0.189 e. The van der Waals surface area contributed by atoms with E-state index in [0.717, 1.165) is 0 Å². The van der Waals surface area contributed by atoms with Gasteiger partial charge in [0.1, 0.15) is 18.8 Å². The summed E-state index contributed by atoms with van der Waals surface area (Å²) >= 11 is 0. The van der Waals surface area contributed by atoms with Gasteiger partial charge in [0.25, 0.3) is 0 Å². The summed E-state index contributed by atoms with van der Waals surface area (Å²) in [5, 5.41) is 28.3. The van der Waals surface area contributed by atoms with E-state index in [2.05, 4.69) is 5.18 Å². The molecular weight excluding hydrogens is 182 g/mol. The molecule has 0 rings (SSSR count). The van der Waals surface area contributed by atoms with Gasteiger partial charge in [-0.05, 0) is 0 Å². The Morgan fingerprint density at radius 2 is 2.00 bits per heavy atom. The number of carbonyl (C=O) groups is 2. The lowest BCUT2D eigenvalue weighted by molar-refractivity contribution is -0.137. The predicted octanol–water partition coefficient (Wildman–Crippen LogP) is -2.40. The first kappa shape index (κ1) is 11.8. The standard InChI is InChI=1S/C6H9NO6/c8-1-3(7-13)5(11)6(12)4(10)2-9/h1,3,5-6,9,11-12H,2H2/t3?,5-,6?/m0/s1. The predicted molar refractivity (Wildman–Crippen MR) is 39.8 cm³/mol. The lowest BCUT2D eigenvalue weighted by Crippen LogP contribution is -2.43. The monoisotopic (exact) mass is 191 g/mol. The fraction of sp³-hybridized carbons (Fsp3) is 0.667. The maximum absolute atomic E-state index is 10.6. The van der Waals surface area contributed by atoms with Gasteiger partial charge in [-0.2, -0.15) is 0 Å². The Morgan fingerprint density at radius 3 is 2.31 bits per heavy atom. The molecule has 7 heteroatoms. The van der Waals surface area contributed by atoms with Crippen LogP contribution in [0.15, 0.2) is 5.18 Å². The highest BCUT2D eigenvalue weighted by Crippen LogP contribution is 2.02. The summed E-state index contributed by atoms with van der Waals surface area (Å²) in [4.78, 5) is 30.5. The molecule has 0 saturated heterocycles. The number of aldehydes is 1. The summed E-state index contributed by atoms with van der Waals surface area (Å²) in [6.07, 6.45) is -3.88. The van der Waals surface area contributed by atoms with Crippen LogP contribution in [0.25, 0.3) is 0 Å². The molecule has 0 heterocycles. The number of nitroso groups, excluding NO2 is 1. The maximum Gasteiger partial charge on any atom is 0.189 e. The van der Waals surface area contributed by atoms with Crippen molar-refractivity contribution in [3.05, 3.63) is 4.91 Å². The second kappa shape index (κ2) is 5.46. The number of rotatable bonds is 6. The van der Waals surface area contributed by atoms with Crippen LogP contribution in [0.4, 0.5) is 0 Å². The number of nitrogens with zero attached hydrogens (tertiary/aromatic N) is 1. The first-order chi connectivity index (χ1) is 6.08. The van der Waals surface area contributed by atoms with Gasteiger partial charge in [-0.3, -0.25) is 4.79 Å². The Bertz CT molecular complexity index is 197. The van der Waals surface area contributed by atoms with E-state index in [-0.39, 0.29) is 6.29 Å². The molecule has 13 heavy (non-hydrogen) atoms. The molecule has 0 amide bonds. The summed E-state index contributed by atoms with van der Waals surface area (Å²) in [5.74, 6) is -1.08. The van der Waals surface area contributed by atoms with Crippen LogP contribution < -0.4 is 0 Å². The average molecular weight is 191 g/mol. The minimum absolute atomic E-state index is 0.00550. The van der Waals surface area contributed by atoms with Crippen LogP contribution in [0.3, 0.4) is 0 Å². The third kappa shape index (κ3) is 2.98. The van der Waals surface area contributed by atoms with Crippen molar-refractivity contribution in [3.8, 4) is 0 Å². The molecule has 0 aromatic carbocycles. The van der Waals surface area contributed by atoms with E-state index in [1.54, 1.807) is 0 Å². The summed E-state index contributed by atoms with van der Waals surface area (Å²) in [6, 6.07) is -1.70. The Kier molecular flexibility index (Phi) is 4.97. The molecule has 3 N–H and O–H groups in total. The van der Waals surface area contributed by atoms with Gasteiger partial charge < -0.3 is 20.1 Å². The van der Waals surface area contributed by atoms with Gasteiger partial charge in [0.2, 0.25) is 0 Å². The zero-order valence-corrected chi connectivity index (χ0v) is 6.53. The van der Waals surface area contributed by atoms with Gasteiger partial charge in [-0.25, -0.2) is 0 Å². The number of Topliss-reactive ketones (excluding diaryl/α,β-unsaturated/α-hetero) is 1. The summed E-state index contributed by atoms with van der Waals surface area (Å²) in [7, 11) is 0. The van der Waals surface area contributed by atoms with E-state index < -0.39 is 30.6 Å². The van der Waals surface area contributed by atoms with Crippen LogP contribution in [0, 0.1) is 4.91 Å². The van der Waals surface area contributed by atoms with Crippen molar-refractivity contribution in [1.29, 1.82) is 0 Å². The Hall–Kier alpha value is -1.18. The highest BCUT2D eigenvalue weighted by atomic mass is 16.3. The molecule has 0 spiro atoms. The van der Waals surface area contributed by atoms with Crippen molar-refractivity contribution >= 4 is 12.1 Å². The second-order valence-corrected chi connectivity index (χ2v) is 2.29. The van der Waals surface area contributed by atoms with E-state index in [4.69, 9.17) is 15.3 Å². The van der Waals surface area contributed by atoms with E-state index in [1.807, 2.05) is 0 Å². The number of aliphatic hydroxyl groups is 3. The van der Waals surface area contributed by atoms with Crippen LogP contribution in [-0.4, -0.2) is 52.2 Å². The minimum atomic E-state index is -1.97. The number of ketones is 1. The van der Waals surface area contributed by atoms with Crippen LogP contribution in [0.5, 0.6) is 0 Å². The summed E-state index contributed by atoms with van der Waals surface area (Å²) < 4.78 is 0. The number of aliphatic hydroxyl groups excluding tert-OH is 3. The molecule has 2 unspecified atom stereocenters. The summed E-state index contributed by atoms with van der Waals surface area (Å²) in [6.45, 7) is -0.983. The molecule has 74 valence electrons. The lowest BCUT2D eigenvalue weighted by atomic mass is 10.0. The molecule has 0 bridgehead atoms. The highest BCUT2D eigenvalue weighted by molar-refractivity contribution is 5.85. The molecule has 0 aliphatic carbocycles. The first-order valence-electron chi connectivity index (χ1n) is 3.36. The van der Waals surface area contributed by atoms with Crippen LogP contribution >= 0.6 is 0 Å². The van der Waals surface area contributed by atoms with E-state index >= 15 is 0 Å². The quantitative estimate of drug-likeness (QED) is 0.317. The summed E-state index contributed by atoms with van der Waals surface area (Å²) in [5.41, 5.74) is 0. The third-order valence-corrected chi connectivity index (χ3v) is 1.42. The molecule has 0 aromatic rings. The van der Waals surface area contributed by atoms with E-state index in [9.17, 15) is 14.5 Å². The average Bonchev–Trinajstić information content (AvgIpc) is 2.17. The molecule has 7 nitrogen and oxygen atoms in total. The number of hydrogen-bond donors (Lipinski definition) is 3. The highest BCUT2D eigenvalue weighted by Gasteiger charge is 2.31. The van der Waals surface area contributed by atoms with Crippen LogP contribution in [-0.2, 0) is 9.59 Å². The number of hydrogen-bond acceptors (Lipinski definition) is 7.